The molecule has 6 heteroatoms. The lowest BCUT2D eigenvalue weighted by Gasteiger charge is -2.57. The van der Waals surface area contributed by atoms with Gasteiger partial charge in [-0.1, -0.05) is 62.4 Å². The van der Waals surface area contributed by atoms with Crippen LogP contribution in [-0.4, -0.2) is 36.3 Å². The highest BCUT2D eigenvalue weighted by Gasteiger charge is 2.57. The lowest BCUT2D eigenvalue weighted by molar-refractivity contribution is -0.162. The molecule has 4 bridgehead atoms. The number of nitrogens with one attached hydrogen (secondary N) is 1. The number of methoxy groups -OCH3 is 1. The third-order valence-corrected chi connectivity index (χ3v) is 11.7. The lowest BCUT2D eigenvalue weighted by Crippen LogP contribution is -2.56. The molecular weight excluding hydrogens is 536 g/mol. The summed E-state index contributed by atoms with van der Waals surface area (Å²) in [7, 11) is 1.44. The van der Waals surface area contributed by atoms with E-state index in [9.17, 15) is 14.4 Å². The first-order valence-corrected chi connectivity index (χ1v) is 16.4. The predicted octanol–water partition coefficient (Wildman–Crippen LogP) is 6.77. The zero-order valence-corrected chi connectivity index (χ0v) is 26.0. The summed E-state index contributed by atoms with van der Waals surface area (Å²) >= 11 is 0. The number of carbonyl (C=O) groups is 3. The quantitative estimate of drug-likeness (QED) is 0.366. The summed E-state index contributed by atoms with van der Waals surface area (Å²) < 4.78 is 5.47. The van der Waals surface area contributed by atoms with E-state index in [4.69, 9.17) is 4.74 Å². The number of allylic oxidation sites excluding steroid dienone is 1. The van der Waals surface area contributed by atoms with Crippen molar-refractivity contribution in [2.45, 2.75) is 84.6 Å². The van der Waals surface area contributed by atoms with Gasteiger partial charge in [0.1, 0.15) is 5.41 Å². The summed E-state index contributed by atoms with van der Waals surface area (Å²) in [5.41, 5.74) is 0.927. The number of likely N-dealkylation sites (tertiary alicyclic amines) is 1. The molecule has 43 heavy (non-hydrogen) atoms. The van der Waals surface area contributed by atoms with Crippen molar-refractivity contribution in [3.63, 3.8) is 0 Å². The molecule has 4 saturated carbocycles. The fourth-order valence-corrected chi connectivity index (χ4v) is 10.4. The number of nitrogens with zero attached hydrogens (tertiary/aromatic N) is 1. The Morgan fingerprint density at radius 1 is 0.953 bits per heavy atom. The predicted molar refractivity (Wildman–Crippen MR) is 166 cm³/mol. The van der Waals surface area contributed by atoms with Crippen LogP contribution < -0.4 is 5.32 Å². The van der Waals surface area contributed by atoms with Gasteiger partial charge in [-0.25, -0.2) is 0 Å². The number of hydrogen-bond donors (Lipinski definition) is 1. The van der Waals surface area contributed by atoms with Gasteiger partial charge in [0.25, 0.3) is 0 Å². The summed E-state index contributed by atoms with van der Waals surface area (Å²) in [5, 5.41) is 5.51. The van der Waals surface area contributed by atoms with Crippen LogP contribution in [-0.2, 0) is 25.7 Å². The minimum atomic E-state index is -0.958. The Hall–Kier alpha value is -3.15. The topological polar surface area (TPSA) is 75.7 Å². The smallest absolute Gasteiger partial charge is 0.317 e. The van der Waals surface area contributed by atoms with Crippen molar-refractivity contribution < 1.29 is 19.1 Å². The molecule has 2 aromatic rings. The number of carbonyl (C=O) groups excluding carboxylic acids is 3. The van der Waals surface area contributed by atoms with Crippen molar-refractivity contribution >= 4 is 28.6 Å². The maximum Gasteiger partial charge on any atom is 0.317 e. The average molecular weight is 583 g/mol. The van der Waals surface area contributed by atoms with Crippen molar-refractivity contribution in [3.8, 4) is 0 Å². The van der Waals surface area contributed by atoms with Crippen LogP contribution in [0.3, 0.4) is 0 Å². The molecule has 5 aliphatic carbocycles. The van der Waals surface area contributed by atoms with E-state index >= 15 is 0 Å². The highest BCUT2D eigenvalue weighted by Crippen LogP contribution is 2.60. The molecule has 0 spiro atoms. The largest absolute Gasteiger partial charge is 0.468 e. The van der Waals surface area contributed by atoms with E-state index in [0.717, 1.165) is 52.8 Å². The Morgan fingerprint density at radius 2 is 1.63 bits per heavy atom. The zero-order valence-electron chi connectivity index (χ0n) is 26.0. The van der Waals surface area contributed by atoms with Crippen molar-refractivity contribution in [3.05, 3.63) is 59.8 Å². The average Bonchev–Trinajstić information content (AvgIpc) is 2.97. The molecule has 0 radical (unpaired) electrons. The molecule has 6 nitrogen and oxygen atoms in total. The number of amides is 2. The zero-order chi connectivity index (χ0) is 30.0. The number of ether oxygens (including phenoxy) is 1. The van der Waals surface area contributed by atoms with E-state index < -0.39 is 11.3 Å². The minimum absolute atomic E-state index is 0.0663. The maximum absolute atomic E-state index is 14.3. The highest BCUT2D eigenvalue weighted by molar-refractivity contribution is 5.93. The molecule has 228 valence electrons. The monoisotopic (exact) mass is 582 g/mol. The van der Waals surface area contributed by atoms with Crippen LogP contribution in [0.4, 0.5) is 0 Å². The summed E-state index contributed by atoms with van der Waals surface area (Å²) in [6.45, 7) is 5.42. The van der Waals surface area contributed by atoms with Crippen LogP contribution in [0.5, 0.6) is 0 Å². The number of esters is 1. The molecule has 5 fully saturated rings. The molecule has 1 saturated heterocycles. The van der Waals surface area contributed by atoms with Crippen molar-refractivity contribution in [1.29, 1.82) is 0 Å². The number of piperidine rings is 1. The van der Waals surface area contributed by atoms with Gasteiger partial charge in [0, 0.05) is 24.6 Å². The molecule has 0 aromatic heterocycles. The molecular formula is C37H46N2O4. The lowest BCUT2D eigenvalue weighted by atomic mass is 9.49. The molecule has 2 amide bonds. The van der Waals surface area contributed by atoms with E-state index in [0.29, 0.717) is 19.4 Å². The Labute approximate surface area is 255 Å². The second-order valence-corrected chi connectivity index (χ2v) is 15.6. The van der Waals surface area contributed by atoms with Gasteiger partial charge >= 0.3 is 5.97 Å². The Morgan fingerprint density at radius 3 is 2.33 bits per heavy atom. The van der Waals surface area contributed by atoms with Crippen LogP contribution in [0.25, 0.3) is 10.8 Å². The Bertz CT molecular complexity index is 1450. The van der Waals surface area contributed by atoms with Crippen LogP contribution in [0.1, 0.15) is 83.6 Å². The third kappa shape index (κ3) is 5.09. The number of fused-ring (bicyclic) bond motifs is 2. The molecule has 6 aliphatic rings. The molecule has 2 aromatic carbocycles. The van der Waals surface area contributed by atoms with E-state index in [2.05, 4.69) is 49.5 Å². The van der Waals surface area contributed by atoms with Gasteiger partial charge in [-0.2, -0.15) is 0 Å². The second kappa shape index (κ2) is 10.5. The second-order valence-electron chi connectivity index (χ2n) is 15.6. The summed E-state index contributed by atoms with van der Waals surface area (Å²) in [4.78, 5) is 43.5. The van der Waals surface area contributed by atoms with Gasteiger partial charge in [-0.05, 0) is 103 Å². The van der Waals surface area contributed by atoms with Gasteiger partial charge < -0.3 is 15.0 Å². The van der Waals surface area contributed by atoms with Crippen LogP contribution in [0.2, 0.25) is 0 Å². The van der Waals surface area contributed by atoms with Gasteiger partial charge in [-0.3, -0.25) is 14.4 Å². The van der Waals surface area contributed by atoms with E-state index in [1.807, 2.05) is 23.1 Å². The van der Waals surface area contributed by atoms with E-state index in [1.54, 1.807) is 0 Å². The molecule has 1 heterocycles. The van der Waals surface area contributed by atoms with Gasteiger partial charge in [-0.15, -0.1) is 0 Å². The molecule has 0 unspecified atom stereocenters. The van der Waals surface area contributed by atoms with Crippen LogP contribution in [0, 0.1) is 39.9 Å². The van der Waals surface area contributed by atoms with Gasteiger partial charge in [0.2, 0.25) is 11.8 Å². The summed E-state index contributed by atoms with van der Waals surface area (Å²) in [6, 6.07) is 14.4. The highest BCUT2D eigenvalue weighted by atomic mass is 16.5. The first-order chi connectivity index (χ1) is 20.6. The number of rotatable bonds is 7. The minimum Gasteiger partial charge on any atom is -0.468 e. The number of hydrogen-bond acceptors (Lipinski definition) is 4. The van der Waals surface area contributed by atoms with E-state index in [-0.39, 0.29) is 35.0 Å². The molecule has 1 aliphatic heterocycles. The van der Waals surface area contributed by atoms with Gasteiger partial charge in [0.05, 0.1) is 13.7 Å². The van der Waals surface area contributed by atoms with Crippen LogP contribution in [0.15, 0.2) is 54.2 Å². The van der Waals surface area contributed by atoms with Gasteiger partial charge in [0.15, 0.2) is 0 Å². The number of benzene rings is 2. The normalized spacial score (nSPS) is 34.1. The first kappa shape index (κ1) is 28.6. The van der Waals surface area contributed by atoms with Crippen LogP contribution >= 0.6 is 0 Å². The molecule has 8 rings (SSSR count). The molecule has 2 atom stereocenters. The van der Waals surface area contributed by atoms with Crippen molar-refractivity contribution in [2.75, 3.05) is 13.7 Å². The standard InChI is InChI=1S/C37H46N2O4/c1-35(2)12-11-31-37(22-35,34(42)43-3)20-29(33(41)39(31)21-28-9-6-8-27-7-4-5-10-30(27)28)16-32(40)38-23-36-17-24-13-25(18-36)15-26(14-24)19-36/h4-11,24-26,29H,12-23H2,1-3H3,(H,38,40)/t24?,25?,26?,29-,36?,37-/m1/s1. The SMILES string of the molecule is COC(=O)[C@@]12C[C@@H](CC(=O)NCC34CC5CC(CC(C5)C3)C4)C(=O)N(Cc3cccc4ccccc34)C1=CCC(C)(C)C2. The summed E-state index contributed by atoms with van der Waals surface area (Å²) in [6.07, 6.45) is 11.7. The van der Waals surface area contributed by atoms with Crippen molar-refractivity contribution in [2.24, 2.45) is 39.9 Å². The maximum atomic E-state index is 14.3. The van der Waals surface area contributed by atoms with Crippen molar-refractivity contribution in [1.82, 2.24) is 10.2 Å². The van der Waals surface area contributed by atoms with E-state index in [1.165, 1.54) is 45.6 Å². The summed E-state index contributed by atoms with van der Waals surface area (Å²) in [5.74, 6) is 1.45. The Kier molecular flexibility index (Phi) is 6.98. The molecule has 1 N–H and O–H groups in total. The first-order valence-electron chi connectivity index (χ1n) is 16.4. The third-order valence-electron chi connectivity index (χ3n) is 11.7. The fourth-order valence-electron chi connectivity index (χ4n) is 10.4. The fraction of sp³-hybridized carbons (Fsp3) is 0.595. The Balaban J connectivity index is 1.17.